The first kappa shape index (κ1) is 23.2. The van der Waals surface area contributed by atoms with E-state index in [1.54, 1.807) is 18.2 Å². The van der Waals surface area contributed by atoms with Gasteiger partial charge in [-0.05, 0) is 6.07 Å². The number of phosphoric ester groups is 1. The van der Waals surface area contributed by atoms with Gasteiger partial charge >= 0.3 is 7.82 Å². The van der Waals surface area contributed by atoms with E-state index in [1.165, 1.54) is 6.07 Å². The van der Waals surface area contributed by atoms with Gasteiger partial charge < -0.3 is 14.4 Å². The average Bonchev–Trinajstić information content (AvgIpc) is 3.01. The summed E-state index contributed by atoms with van der Waals surface area (Å²) in [6.07, 6.45) is -10.5. The van der Waals surface area contributed by atoms with Crippen molar-refractivity contribution in [2.75, 3.05) is 6.61 Å². The second kappa shape index (κ2) is 8.44. The molecule has 1 aromatic carbocycles. The number of alkyl halides is 3. The molecule has 1 unspecified atom stereocenters. The highest BCUT2D eigenvalue weighted by atomic mass is 35.5. The molecular weight excluding hydrogens is 482 g/mol. The van der Waals surface area contributed by atoms with Crippen LogP contribution in [0.5, 0.6) is 5.75 Å². The molecule has 0 spiro atoms. The van der Waals surface area contributed by atoms with Crippen molar-refractivity contribution < 1.29 is 50.7 Å². The summed E-state index contributed by atoms with van der Waals surface area (Å²) < 4.78 is 75.9. The summed E-state index contributed by atoms with van der Waals surface area (Å²) in [5, 5.41) is 9.80. The zero-order valence-electron chi connectivity index (χ0n) is 16.0. The van der Waals surface area contributed by atoms with Crippen molar-refractivity contribution >= 4 is 31.1 Å². The molecule has 5 atom stereocenters. The summed E-state index contributed by atoms with van der Waals surface area (Å²) in [7, 11) is -4.43. The van der Waals surface area contributed by atoms with E-state index in [4.69, 9.17) is 29.9 Å². The number of para-hydroxylation sites is 1. The van der Waals surface area contributed by atoms with Crippen LogP contribution in [0.2, 0.25) is 0 Å². The molecule has 3 aliphatic heterocycles. The Morgan fingerprint density at radius 2 is 2.06 bits per heavy atom. The maximum absolute atomic E-state index is 14.9. The van der Waals surface area contributed by atoms with Crippen LogP contribution in [0.25, 0.3) is 0 Å². The van der Waals surface area contributed by atoms with Gasteiger partial charge in [-0.3, -0.25) is 23.5 Å². The number of Topliss-reactive ketones (excluding diaryl/α,β-unsaturated/α-hetero) is 1. The van der Waals surface area contributed by atoms with E-state index in [0.717, 1.165) is 6.20 Å². The Kier molecular flexibility index (Phi) is 6.12. The molecule has 0 saturated carbocycles. The molecule has 0 bridgehead atoms. The van der Waals surface area contributed by atoms with Crippen LogP contribution in [0.15, 0.2) is 35.5 Å². The van der Waals surface area contributed by atoms with E-state index in [0.29, 0.717) is 10.5 Å². The van der Waals surface area contributed by atoms with Crippen molar-refractivity contribution in [1.29, 1.82) is 0 Å². The van der Waals surface area contributed by atoms with Crippen molar-refractivity contribution in [1.82, 2.24) is 4.90 Å². The predicted octanol–water partition coefficient (Wildman–Crippen LogP) is 2.66. The SMILES string of the molecule is O=C1CC(=O)N([C@@H]2O[C@@](COP3(=O)OCc4ccccc4O3)(C(F)F)[C@H](F)[C@H]2O)C=C1Cl. The largest absolute Gasteiger partial charge is 0.530 e. The van der Waals surface area contributed by atoms with Gasteiger partial charge in [0.1, 0.15) is 16.9 Å². The van der Waals surface area contributed by atoms with Gasteiger partial charge in [0.15, 0.2) is 23.8 Å². The minimum Gasteiger partial charge on any atom is -0.404 e. The summed E-state index contributed by atoms with van der Waals surface area (Å²) in [5.41, 5.74) is -2.59. The van der Waals surface area contributed by atoms with Crippen molar-refractivity contribution in [3.05, 3.63) is 41.1 Å². The highest BCUT2D eigenvalue weighted by Crippen LogP contribution is 2.56. The first-order chi connectivity index (χ1) is 15.1. The maximum Gasteiger partial charge on any atom is 0.530 e. The topological polar surface area (TPSA) is 112 Å². The van der Waals surface area contributed by atoms with E-state index in [9.17, 15) is 32.4 Å². The molecule has 14 heteroatoms. The molecule has 4 rings (SSSR count). The molecule has 1 aromatic rings. The molecule has 0 aliphatic carbocycles. The van der Waals surface area contributed by atoms with Crippen molar-refractivity contribution in [3.63, 3.8) is 0 Å². The minimum atomic E-state index is -4.43. The number of aliphatic hydroxyl groups is 1. The number of amides is 1. The van der Waals surface area contributed by atoms with E-state index in [2.05, 4.69) is 0 Å². The second-order valence-electron chi connectivity index (χ2n) is 7.23. The molecule has 3 heterocycles. The van der Waals surface area contributed by atoms with Crippen molar-refractivity contribution in [2.45, 2.75) is 43.6 Å². The fourth-order valence-corrected chi connectivity index (χ4v) is 4.84. The van der Waals surface area contributed by atoms with E-state index in [1.807, 2.05) is 0 Å². The van der Waals surface area contributed by atoms with Crippen LogP contribution in [0, 0.1) is 0 Å². The number of aliphatic hydroxyl groups excluding tert-OH is 1. The highest BCUT2D eigenvalue weighted by Gasteiger charge is 2.64. The number of carbonyl (C=O) groups is 2. The summed E-state index contributed by atoms with van der Waals surface area (Å²) in [4.78, 5) is 24.2. The zero-order chi connectivity index (χ0) is 23.3. The lowest BCUT2D eigenvalue weighted by Crippen LogP contribution is -2.50. The van der Waals surface area contributed by atoms with Gasteiger partial charge in [0.05, 0.1) is 19.6 Å². The lowest BCUT2D eigenvalue weighted by Gasteiger charge is -2.33. The molecule has 1 saturated heterocycles. The Morgan fingerprint density at radius 3 is 2.78 bits per heavy atom. The van der Waals surface area contributed by atoms with Crippen LogP contribution >= 0.6 is 19.4 Å². The number of fused-ring (bicyclic) bond motifs is 1. The van der Waals surface area contributed by atoms with E-state index >= 15 is 0 Å². The molecule has 1 fully saturated rings. The van der Waals surface area contributed by atoms with Gasteiger partial charge in [0.2, 0.25) is 5.91 Å². The molecule has 0 radical (unpaired) electrons. The third-order valence-corrected chi connectivity index (χ3v) is 6.79. The highest BCUT2D eigenvalue weighted by molar-refractivity contribution is 7.49. The molecule has 0 aromatic heterocycles. The maximum atomic E-state index is 14.9. The van der Waals surface area contributed by atoms with Crippen LogP contribution < -0.4 is 4.52 Å². The van der Waals surface area contributed by atoms with Gasteiger partial charge in [-0.15, -0.1) is 0 Å². The quantitative estimate of drug-likeness (QED) is 0.488. The fourth-order valence-electron chi connectivity index (χ4n) is 3.41. The van der Waals surface area contributed by atoms with Gasteiger partial charge in [-0.25, -0.2) is 17.7 Å². The Labute approximate surface area is 184 Å². The summed E-state index contributed by atoms with van der Waals surface area (Å²) in [6, 6.07) is 6.33. The standard InChI is InChI=1S/C18H16ClF3NO8P/c19-10-6-23(13(25)5-11(10)24)16-14(26)15(20)18(30-16,17(21)22)8-29-32(27)28-7-9-3-1-2-4-12(9)31-32/h1-4,6,14-17,26H,5,7-8H2/t14-,15-,16-,18-,32?/m1/s1. The van der Waals surface area contributed by atoms with E-state index in [-0.39, 0.29) is 12.4 Å². The lowest BCUT2D eigenvalue weighted by molar-refractivity contribution is -0.194. The Bertz CT molecular complexity index is 1030. The van der Waals surface area contributed by atoms with Crippen LogP contribution in [0.3, 0.4) is 0 Å². The van der Waals surface area contributed by atoms with Crippen LogP contribution in [-0.4, -0.2) is 58.8 Å². The molecule has 174 valence electrons. The number of hydrogen-bond acceptors (Lipinski definition) is 8. The Hall–Kier alpha value is -1.95. The number of ketones is 1. The third-order valence-electron chi connectivity index (χ3n) is 5.17. The normalized spacial score (nSPS) is 35.0. The van der Waals surface area contributed by atoms with E-state index < -0.39 is 68.1 Å². The van der Waals surface area contributed by atoms with Crippen LogP contribution in [0.4, 0.5) is 13.2 Å². The Morgan fingerprint density at radius 1 is 1.34 bits per heavy atom. The molecular formula is C18H16ClF3NO8P. The van der Waals surface area contributed by atoms with Crippen LogP contribution in [0.1, 0.15) is 12.0 Å². The van der Waals surface area contributed by atoms with Crippen molar-refractivity contribution in [3.8, 4) is 5.75 Å². The molecule has 32 heavy (non-hydrogen) atoms. The minimum absolute atomic E-state index is 0.138. The van der Waals surface area contributed by atoms with Gasteiger partial charge in [0.25, 0.3) is 6.43 Å². The number of halogens is 4. The fraction of sp³-hybridized carbons (Fsp3) is 0.444. The molecule has 1 amide bonds. The number of hydrogen-bond donors (Lipinski definition) is 1. The smallest absolute Gasteiger partial charge is 0.404 e. The van der Waals surface area contributed by atoms with Crippen molar-refractivity contribution in [2.24, 2.45) is 0 Å². The first-order valence-corrected chi connectivity index (χ1v) is 11.1. The number of benzene rings is 1. The zero-order valence-corrected chi connectivity index (χ0v) is 17.7. The first-order valence-electron chi connectivity index (χ1n) is 9.23. The number of nitrogens with zero attached hydrogens (tertiary/aromatic N) is 1. The number of rotatable bonds is 5. The second-order valence-corrected chi connectivity index (χ2v) is 9.23. The summed E-state index contributed by atoms with van der Waals surface area (Å²) >= 11 is 5.69. The number of phosphoric acid groups is 1. The molecule has 9 nitrogen and oxygen atoms in total. The summed E-state index contributed by atoms with van der Waals surface area (Å²) in [5.74, 6) is -1.53. The molecule has 1 N–H and O–H groups in total. The number of allylic oxidation sites excluding steroid dienone is 1. The molecule has 3 aliphatic rings. The number of carbonyl (C=O) groups excluding carboxylic acids is 2. The third kappa shape index (κ3) is 3.95. The Balaban J connectivity index is 1.55. The predicted molar refractivity (Wildman–Crippen MR) is 100 cm³/mol. The summed E-state index contributed by atoms with van der Waals surface area (Å²) in [6.45, 7) is -1.54. The van der Waals surface area contributed by atoms with Gasteiger partial charge in [0, 0.05) is 11.8 Å². The average molecular weight is 498 g/mol. The lowest BCUT2D eigenvalue weighted by atomic mass is 9.98. The van der Waals surface area contributed by atoms with Gasteiger partial charge in [-0.1, -0.05) is 29.8 Å². The number of ether oxygens (including phenoxy) is 1. The van der Waals surface area contributed by atoms with Gasteiger partial charge in [-0.2, -0.15) is 0 Å². The monoisotopic (exact) mass is 497 g/mol. The van der Waals surface area contributed by atoms with Crippen LogP contribution in [-0.2, 0) is 34.5 Å².